The van der Waals surface area contributed by atoms with Crippen molar-refractivity contribution in [3.05, 3.63) is 49.1 Å². The number of nitrogens with one attached hydrogen (secondary N) is 1. The van der Waals surface area contributed by atoms with Crippen LogP contribution >= 0.6 is 11.8 Å². The van der Waals surface area contributed by atoms with E-state index in [2.05, 4.69) is 11.3 Å². The quantitative estimate of drug-likeness (QED) is 0.467. The summed E-state index contributed by atoms with van der Waals surface area (Å²) in [7, 11) is -3.52. The minimum atomic E-state index is -3.52. The van der Waals surface area contributed by atoms with E-state index in [0.29, 0.717) is 23.4 Å². The summed E-state index contributed by atoms with van der Waals surface area (Å²) in [5, 5.41) is 1.50. The molecular weight excluding hydrogens is 304 g/mol. The van der Waals surface area contributed by atoms with E-state index >= 15 is 0 Å². The third-order valence-corrected chi connectivity index (χ3v) is 5.41. The summed E-state index contributed by atoms with van der Waals surface area (Å²) in [5.41, 5.74) is 6.35. The molecule has 0 aliphatic rings. The van der Waals surface area contributed by atoms with Crippen LogP contribution in [0, 0.1) is 0 Å². The van der Waals surface area contributed by atoms with Crippen molar-refractivity contribution in [1.29, 1.82) is 0 Å². The van der Waals surface area contributed by atoms with E-state index in [9.17, 15) is 8.42 Å². The Kier molecular flexibility index (Phi) is 5.27. The fourth-order valence-electron chi connectivity index (χ4n) is 2.00. The molecule has 2 aromatic carbocycles. The Balaban J connectivity index is 2.22. The van der Waals surface area contributed by atoms with Crippen LogP contribution in [0.1, 0.15) is 0 Å². The zero-order valence-corrected chi connectivity index (χ0v) is 13.2. The van der Waals surface area contributed by atoms with Gasteiger partial charge >= 0.3 is 0 Å². The van der Waals surface area contributed by atoms with E-state index in [4.69, 9.17) is 5.73 Å². The van der Waals surface area contributed by atoms with Crippen molar-refractivity contribution in [1.82, 2.24) is 4.72 Å². The average Bonchev–Trinajstić information content (AvgIpc) is 2.46. The molecular formula is C15H18N2O2S2. The second-order valence-electron chi connectivity index (χ2n) is 4.50. The second-order valence-corrected chi connectivity index (χ2v) is 7.38. The van der Waals surface area contributed by atoms with Gasteiger partial charge in [0.15, 0.2) is 0 Å². The Bertz CT molecular complexity index is 742. The zero-order chi connectivity index (χ0) is 15.3. The smallest absolute Gasteiger partial charge is 0.241 e. The Morgan fingerprint density at radius 1 is 1.29 bits per heavy atom. The fourth-order valence-corrected chi connectivity index (χ4v) is 3.97. The normalized spacial score (nSPS) is 11.6. The lowest BCUT2D eigenvalue weighted by atomic mass is 10.1. The number of fused-ring (bicyclic) bond motifs is 1. The molecule has 0 radical (unpaired) electrons. The van der Waals surface area contributed by atoms with Gasteiger partial charge in [-0.15, -0.1) is 6.58 Å². The van der Waals surface area contributed by atoms with Crippen LogP contribution in [0.3, 0.4) is 0 Å². The average molecular weight is 322 g/mol. The minimum absolute atomic E-state index is 0.286. The fraction of sp³-hybridized carbons (Fsp3) is 0.200. The van der Waals surface area contributed by atoms with Crippen LogP contribution < -0.4 is 10.5 Å². The third kappa shape index (κ3) is 4.00. The molecule has 0 saturated heterocycles. The molecule has 0 atom stereocenters. The molecule has 4 nitrogen and oxygen atoms in total. The van der Waals surface area contributed by atoms with Crippen molar-refractivity contribution in [3.63, 3.8) is 0 Å². The standard InChI is InChI=1S/C15H18N2O2S2/c1-2-9-20-10-8-17-21(18,19)15-5-3-4-12-11-13(16)6-7-14(12)15/h2-7,11,17H,1,8-10,16H2. The van der Waals surface area contributed by atoms with Gasteiger partial charge in [-0.05, 0) is 23.6 Å². The first kappa shape index (κ1) is 15.9. The number of hydrogen-bond donors (Lipinski definition) is 2. The predicted molar refractivity (Wildman–Crippen MR) is 91.1 cm³/mol. The SMILES string of the molecule is C=CCSCCNS(=O)(=O)c1cccc2cc(N)ccc12. The summed E-state index contributed by atoms with van der Waals surface area (Å²) in [5.74, 6) is 1.53. The van der Waals surface area contributed by atoms with E-state index in [1.807, 2.05) is 6.07 Å². The van der Waals surface area contributed by atoms with E-state index < -0.39 is 10.0 Å². The summed E-state index contributed by atoms with van der Waals surface area (Å²) in [6, 6.07) is 10.4. The van der Waals surface area contributed by atoms with Gasteiger partial charge < -0.3 is 5.73 Å². The van der Waals surface area contributed by atoms with Crippen LogP contribution in [0.2, 0.25) is 0 Å². The molecule has 2 aromatic rings. The molecule has 0 saturated carbocycles. The minimum Gasteiger partial charge on any atom is -0.399 e. The summed E-state index contributed by atoms with van der Waals surface area (Å²) in [4.78, 5) is 0.286. The van der Waals surface area contributed by atoms with Crippen LogP contribution in [-0.4, -0.2) is 26.5 Å². The molecule has 0 spiro atoms. The number of anilines is 1. The maximum atomic E-state index is 12.4. The molecule has 2 rings (SSSR count). The van der Waals surface area contributed by atoms with E-state index in [1.54, 1.807) is 48.2 Å². The van der Waals surface area contributed by atoms with E-state index in [1.165, 1.54) is 0 Å². The van der Waals surface area contributed by atoms with Crippen LogP contribution in [0.25, 0.3) is 10.8 Å². The predicted octanol–water partition coefficient (Wildman–Crippen LogP) is 2.62. The number of rotatable bonds is 7. The molecule has 6 heteroatoms. The highest BCUT2D eigenvalue weighted by atomic mass is 32.2. The highest BCUT2D eigenvalue weighted by molar-refractivity contribution is 7.99. The summed E-state index contributed by atoms with van der Waals surface area (Å²) < 4.78 is 27.4. The number of hydrogen-bond acceptors (Lipinski definition) is 4. The van der Waals surface area contributed by atoms with Crippen LogP contribution in [-0.2, 0) is 10.0 Å². The molecule has 0 fully saturated rings. The summed E-state index contributed by atoms with van der Waals surface area (Å²) >= 11 is 1.63. The molecule has 0 aromatic heterocycles. The first-order valence-corrected chi connectivity index (χ1v) is 9.15. The number of thioether (sulfide) groups is 1. The van der Waals surface area contributed by atoms with Crippen LogP contribution in [0.5, 0.6) is 0 Å². The maximum absolute atomic E-state index is 12.4. The molecule has 0 aliphatic heterocycles. The lowest BCUT2D eigenvalue weighted by Crippen LogP contribution is -2.26. The number of sulfonamides is 1. The maximum Gasteiger partial charge on any atom is 0.241 e. The number of benzene rings is 2. The monoisotopic (exact) mass is 322 g/mol. The van der Waals surface area contributed by atoms with Gasteiger partial charge in [0.25, 0.3) is 0 Å². The highest BCUT2D eigenvalue weighted by Gasteiger charge is 2.16. The van der Waals surface area contributed by atoms with E-state index in [-0.39, 0.29) is 4.90 Å². The van der Waals surface area contributed by atoms with Crippen molar-refractivity contribution in [2.75, 3.05) is 23.8 Å². The van der Waals surface area contributed by atoms with Crippen molar-refractivity contribution >= 4 is 38.2 Å². The Labute approximate surface area is 129 Å². The number of nitrogens with two attached hydrogens (primary N) is 1. The Hall–Kier alpha value is -1.50. The first-order valence-electron chi connectivity index (χ1n) is 6.51. The highest BCUT2D eigenvalue weighted by Crippen LogP contribution is 2.24. The molecule has 21 heavy (non-hydrogen) atoms. The largest absolute Gasteiger partial charge is 0.399 e. The Morgan fingerprint density at radius 2 is 2.10 bits per heavy atom. The van der Waals surface area contributed by atoms with Gasteiger partial charge in [0, 0.05) is 29.1 Å². The molecule has 0 heterocycles. The number of nitrogen functional groups attached to an aromatic ring is 1. The van der Waals surface area contributed by atoms with Crippen molar-refractivity contribution < 1.29 is 8.42 Å². The van der Waals surface area contributed by atoms with Gasteiger partial charge in [-0.3, -0.25) is 0 Å². The molecule has 112 valence electrons. The third-order valence-electron chi connectivity index (χ3n) is 2.93. The molecule has 0 bridgehead atoms. The summed E-state index contributed by atoms with van der Waals surface area (Å²) in [6.45, 7) is 4.02. The van der Waals surface area contributed by atoms with Gasteiger partial charge in [-0.2, -0.15) is 11.8 Å². The van der Waals surface area contributed by atoms with Crippen LogP contribution in [0.4, 0.5) is 5.69 Å². The van der Waals surface area contributed by atoms with Gasteiger partial charge in [0.05, 0.1) is 4.90 Å². The van der Waals surface area contributed by atoms with Gasteiger partial charge in [-0.1, -0.05) is 24.3 Å². The lowest BCUT2D eigenvalue weighted by Gasteiger charge is -2.09. The second kappa shape index (κ2) is 6.98. The topological polar surface area (TPSA) is 72.2 Å². The van der Waals surface area contributed by atoms with Crippen molar-refractivity contribution in [3.8, 4) is 0 Å². The van der Waals surface area contributed by atoms with Gasteiger partial charge in [0.2, 0.25) is 10.0 Å². The van der Waals surface area contributed by atoms with Gasteiger partial charge in [-0.25, -0.2) is 13.1 Å². The van der Waals surface area contributed by atoms with E-state index in [0.717, 1.165) is 11.1 Å². The van der Waals surface area contributed by atoms with Crippen molar-refractivity contribution in [2.24, 2.45) is 0 Å². The molecule has 0 aliphatic carbocycles. The van der Waals surface area contributed by atoms with Crippen molar-refractivity contribution in [2.45, 2.75) is 4.90 Å². The lowest BCUT2D eigenvalue weighted by molar-refractivity contribution is 0.585. The molecule has 3 N–H and O–H groups in total. The molecule has 0 unspecified atom stereocenters. The van der Waals surface area contributed by atoms with Crippen LogP contribution in [0.15, 0.2) is 53.9 Å². The summed E-state index contributed by atoms with van der Waals surface area (Å²) in [6.07, 6.45) is 1.80. The Morgan fingerprint density at radius 3 is 2.86 bits per heavy atom. The molecule has 0 amide bonds. The first-order chi connectivity index (χ1) is 10.0. The zero-order valence-electron chi connectivity index (χ0n) is 11.6. The van der Waals surface area contributed by atoms with Gasteiger partial charge in [0.1, 0.15) is 0 Å².